The molecule has 20 heavy (non-hydrogen) atoms. The number of methoxy groups -OCH3 is 1. The zero-order chi connectivity index (χ0) is 15.3. The molecule has 0 saturated carbocycles. The first-order chi connectivity index (χ1) is 9.23. The molecule has 0 atom stereocenters. The number of nitrogens with zero attached hydrogens (tertiary/aromatic N) is 1. The van der Waals surface area contributed by atoms with Gasteiger partial charge in [-0.3, -0.25) is 9.59 Å². The predicted molar refractivity (Wildman–Crippen MR) is 65.0 cm³/mol. The molecule has 5 nitrogen and oxygen atoms in total. The lowest BCUT2D eigenvalue weighted by Gasteiger charge is -2.22. The fourth-order valence-electron chi connectivity index (χ4n) is 1.38. The number of esters is 1. The van der Waals surface area contributed by atoms with E-state index in [4.69, 9.17) is 4.42 Å². The highest BCUT2D eigenvalue weighted by Gasteiger charge is 2.34. The van der Waals surface area contributed by atoms with Crippen molar-refractivity contribution < 1.29 is 31.9 Å². The van der Waals surface area contributed by atoms with Gasteiger partial charge in [0, 0.05) is 6.54 Å². The first-order valence-corrected chi connectivity index (χ1v) is 6.20. The molecule has 9 heteroatoms. The zero-order valence-corrected chi connectivity index (χ0v) is 12.0. The lowest BCUT2D eigenvalue weighted by molar-refractivity contribution is -0.147. The fraction of sp³-hybridized carbons (Fsp3) is 0.455. The van der Waals surface area contributed by atoms with E-state index in [2.05, 4.69) is 20.7 Å². The number of hydrogen-bond acceptors (Lipinski definition) is 4. The molecule has 1 heterocycles. The maximum absolute atomic E-state index is 12.4. The highest BCUT2D eigenvalue weighted by Crippen LogP contribution is 2.20. The van der Waals surface area contributed by atoms with E-state index >= 15 is 0 Å². The summed E-state index contributed by atoms with van der Waals surface area (Å²) >= 11 is 2.95. The second-order valence-electron chi connectivity index (χ2n) is 3.77. The molecular formula is C11H11BrF3NO4. The van der Waals surface area contributed by atoms with Crippen molar-refractivity contribution in [2.24, 2.45) is 0 Å². The van der Waals surface area contributed by atoms with Gasteiger partial charge >= 0.3 is 12.1 Å². The number of hydrogen-bond donors (Lipinski definition) is 0. The largest absolute Gasteiger partial charge is 0.469 e. The van der Waals surface area contributed by atoms with Crippen LogP contribution >= 0.6 is 15.9 Å². The number of alkyl halides is 3. The van der Waals surface area contributed by atoms with Crippen LogP contribution in [0.25, 0.3) is 0 Å². The zero-order valence-electron chi connectivity index (χ0n) is 10.4. The Morgan fingerprint density at radius 1 is 1.40 bits per heavy atom. The second-order valence-corrected chi connectivity index (χ2v) is 4.55. The van der Waals surface area contributed by atoms with Crippen molar-refractivity contribution in [2.45, 2.75) is 12.6 Å². The molecular weight excluding hydrogens is 347 g/mol. The molecule has 0 radical (unpaired) electrons. The number of carbonyl (C=O) groups is 2. The number of halogens is 4. The average Bonchev–Trinajstić information content (AvgIpc) is 2.78. The van der Waals surface area contributed by atoms with Crippen LogP contribution in [0.15, 0.2) is 21.2 Å². The van der Waals surface area contributed by atoms with Gasteiger partial charge < -0.3 is 14.1 Å². The molecule has 0 aliphatic carbocycles. The van der Waals surface area contributed by atoms with E-state index < -0.39 is 31.1 Å². The molecule has 1 aromatic heterocycles. The summed E-state index contributed by atoms with van der Waals surface area (Å²) in [6, 6.07) is 2.63. The molecule has 0 spiro atoms. The van der Waals surface area contributed by atoms with Crippen molar-refractivity contribution in [3.05, 3.63) is 22.6 Å². The van der Waals surface area contributed by atoms with Crippen LogP contribution in [0, 0.1) is 0 Å². The summed E-state index contributed by atoms with van der Waals surface area (Å²) in [6.45, 7) is -1.88. The van der Waals surface area contributed by atoms with Crippen molar-refractivity contribution >= 4 is 27.8 Å². The predicted octanol–water partition coefficient (Wildman–Crippen LogP) is 2.61. The first kappa shape index (κ1) is 16.5. The maximum atomic E-state index is 12.4. The molecule has 0 N–H and O–H groups in total. The molecule has 1 aromatic rings. The smallest absolute Gasteiger partial charge is 0.406 e. The minimum absolute atomic E-state index is 0.223. The Morgan fingerprint density at radius 2 is 2.05 bits per heavy atom. The van der Waals surface area contributed by atoms with Crippen LogP contribution in [0.1, 0.15) is 17.0 Å². The number of ether oxygens (including phenoxy) is 1. The van der Waals surface area contributed by atoms with E-state index in [9.17, 15) is 22.8 Å². The highest BCUT2D eigenvalue weighted by molar-refractivity contribution is 9.10. The van der Waals surface area contributed by atoms with Crippen LogP contribution in [0.4, 0.5) is 13.2 Å². The summed E-state index contributed by atoms with van der Waals surface area (Å²) in [6.07, 6.45) is -4.91. The number of rotatable bonds is 5. The van der Waals surface area contributed by atoms with Gasteiger partial charge in [0.1, 0.15) is 6.54 Å². The molecule has 0 aromatic carbocycles. The molecule has 112 valence electrons. The topological polar surface area (TPSA) is 59.8 Å². The molecule has 1 amide bonds. The van der Waals surface area contributed by atoms with Gasteiger partial charge in [0.05, 0.1) is 13.5 Å². The fourth-order valence-corrected chi connectivity index (χ4v) is 1.69. The Kier molecular flexibility index (Phi) is 5.61. The van der Waals surface area contributed by atoms with E-state index in [0.717, 1.165) is 7.11 Å². The van der Waals surface area contributed by atoms with Crippen molar-refractivity contribution in [1.29, 1.82) is 0 Å². The standard InChI is InChI=1S/C11H11BrF3NO4/c1-19-9(17)4-5-16(6-11(13,14)15)10(18)7-2-3-8(12)20-7/h2-3H,4-6H2,1H3. The van der Waals surface area contributed by atoms with Crippen molar-refractivity contribution in [2.75, 3.05) is 20.2 Å². The summed E-state index contributed by atoms with van der Waals surface area (Å²) in [5, 5.41) is 0. The van der Waals surface area contributed by atoms with Crippen LogP contribution in [0.2, 0.25) is 0 Å². The third-order valence-corrected chi connectivity index (χ3v) is 2.68. The summed E-state index contributed by atoms with van der Waals surface area (Å²) in [7, 11) is 1.11. The van der Waals surface area contributed by atoms with Gasteiger partial charge in [-0.15, -0.1) is 0 Å². The molecule has 0 aliphatic rings. The van der Waals surface area contributed by atoms with E-state index in [1.807, 2.05) is 0 Å². The van der Waals surface area contributed by atoms with Gasteiger partial charge in [-0.05, 0) is 28.1 Å². The van der Waals surface area contributed by atoms with Gasteiger partial charge in [0.25, 0.3) is 5.91 Å². The van der Waals surface area contributed by atoms with Gasteiger partial charge in [-0.25, -0.2) is 0 Å². The summed E-state index contributed by atoms with van der Waals surface area (Å²) < 4.78 is 46.8. The monoisotopic (exact) mass is 357 g/mol. The number of carbonyl (C=O) groups excluding carboxylic acids is 2. The highest BCUT2D eigenvalue weighted by atomic mass is 79.9. The van der Waals surface area contributed by atoms with Crippen LogP contribution < -0.4 is 0 Å². The first-order valence-electron chi connectivity index (χ1n) is 5.41. The van der Waals surface area contributed by atoms with E-state index in [1.54, 1.807) is 0 Å². The minimum Gasteiger partial charge on any atom is -0.469 e. The van der Waals surface area contributed by atoms with Gasteiger partial charge in [0.2, 0.25) is 0 Å². The van der Waals surface area contributed by atoms with E-state index in [1.165, 1.54) is 12.1 Å². The van der Waals surface area contributed by atoms with Crippen LogP contribution in [0.5, 0.6) is 0 Å². The van der Waals surface area contributed by atoms with Crippen molar-refractivity contribution in [3.8, 4) is 0 Å². The Morgan fingerprint density at radius 3 is 2.50 bits per heavy atom. The Hall–Kier alpha value is -1.51. The van der Waals surface area contributed by atoms with Crippen molar-refractivity contribution in [3.63, 3.8) is 0 Å². The number of furan rings is 1. The molecule has 0 bridgehead atoms. The number of amides is 1. The molecule has 0 aliphatic heterocycles. The SMILES string of the molecule is COC(=O)CCN(CC(F)(F)F)C(=O)c1ccc(Br)o1. The molecule has 0 fully saturated rings. The van der Waals surface area contributed by atoms with Crippen LogP contribution in [-0.4, -0.2) is 43.2 Å². The quantitative estimate of drug-likeness (QED) is 0.760. The van der Waals surface area contributed by atoms with E-state index in [0.29, 0.717) is 4.90 Å². The molecule has 0 saturated heterocycles. The summed E-state index contributed by atoms with van der Waals surface area (Å²) in [5.41, 5.74) is 0. The van der Waals surface area contributed by atoms with Crippen molar-refractivity contribution in [1.82, 2.24) is 4.90 Å². The lowest BCUT2D eigenvalue weighted by atomic mass is 10.3. The van der Waals surface area contributed by atoms with Crippen LogP contribution in [-0.2, 0) is 9.53 Å². The Balaban J connectivity index is 2.80. The van der Waals surface area contributed by atoms with Gasteiger partial charge in [0.15, 0.2) is 10.4 Å². The summed E-state index contributed by atoms with van der Waals surface area (Å²) in [4.78, 5) is 23.4. The Bertz CT molecular complexity index is 486. The van der Waals surface area contributed by atoms with Gasteiger partial charge in [-0.2, -0.15) is 13.2 Å². The normalized spacial score (nSPS) is 11.2. The third-order valence-electron chi connectivity index (χ3n) is 2.25. The van der Waals surface area contributed by atoms with E-state index in [-0.39, 0.29) is 16.9 Å². The molecule has 1 rings (SSSR count). The third kappa shape index (κ3) is 5.24. The molecule has 0 unspecified atom stereocenters. The van der Waals surface area contributed by atoms with Crippen LogP contribution in [0.3, 0.4) is 0 Å². The average molecular weight is 358 g/mol. The second kappa shape index (κ2) is 6.78. The lowest BCUT2D eigenvalue weighted by Crippen LogP contribution is -2.40. The maximum Gasteiger partial charge on any atom is 0.406 e. The Labute approximate surface area is 120 Å². The summed E-state index contributed by atoms with van der Waals surface area (Å²) in [5.74, 6) is -1.89. The van der Waals surface area contributed by atoms with Gasteiger partial charge in [-0.1, -0.05) is 0 Å². The minimum atomic E-state index is -4.57.